The van der Waals surface area contributed by atoms with Gasteiger partial charge in [0, 0.05) is 31.6 Å². The molecule has 2 rings (SSSR count). The summed E-state index contributed by atoms with van der Waals surface area (Å²) in [5.74, 6) is 1.37. The molecule has 0 saturated heterocycles. The van der Waals surface area contributed by atoms with E-state index in [9.17, 15) is 5.11 Å². The van der Waals surface area contributed by atoms with E-state index in [0.29, 0.717) is 25.3 Å². The van der Waals surface area contributed by atoms with Crippen LogP contribution in [0.1, 0.15) is 11.4 Å². The first-order chi connectivity index (χ1) is 9.72. The Labute approximate surface area is 121 Å². The summed E-state index contributed by atoms with van der Waals surface area (Å²) in [7, 11) is 3.18. The fourth-order valence-corrected chi connectivity index (χ4v) is 2.24. The first-order valence-corrected chi connectivity index (χ1v) is 6.91. The summed E-state index contributed by atoms with van der Waals surface area (Å²) >= 11 is 1.32. The van der Waals surface area contributed by atoms with Gasteiger partial charge in [-0.1, -0.05) is 6.07 Å². The van der Waals surface area contributed by atoms with Gasteiger partial charge in [0.2, 0.25) is 5.13 Å². The topological polar surface area (TPSA) is 76.5 Å². The molecule has 0 spiro atoms. The molecule has 1 aromatic heterocycles. The maximum Gasteiger partial charge on any atom is 0.202 e. The lowest BCUT2D eigenvalue weighted by molar-refractivity contribution is 0.201. The number of benzene rings is 1. The van der Waals surface area contributed by atoms with Crippen molar-refractivity contribution in [1.29, 1.82) is 0 Å². The Morgan fingerprint density at radius 1 is 1.35 bits per heavy atom. The van der Waals surface area contributed by atoms with Crippen LogP contribution in [-0.2, 0) is 17.7 Å². The number of ether oxygens (including phenoxy) is 2. The number of methoxy groups -OCH3 is 2. The van der Waals surface area contributed by atoms with Gasteiger partial charge >= 0.3 is 0 Å². The Morgan fingerprint density at radius 3 is 2.95 bits per heavy atom. The number of anilines is 1. The van der Waals surface area contributed by atoms with Gasteiger partial charge in [-0.3, -0.25) is 0 Å². The second-order valence-corrected chi connectivity index (χ2v) is 4.87. The maximum absolute atomic E-state index is 9.53. The number of aromatic nitrogens is 2. The molecule has 2 aromatic rings. The summed E-state index contributed by atoms with van der Waals surface area (Å²) in [6, 6.07) is 5.23. The monoisotopic (exact) mass is 295 g/mol. The zero-order valence-electron chi connectivity index (χ0n) is 11.4. The maximum atomic E-state index is 9.53. The minimum Gasteiger partial charge on any atom is -0.504 e. The van der Waals surface area contributed by atoms with Crippen molar-refractivity contribution in [2.45, 2.75) is 13.0 Å². The van der Waals surface area contributed by atoms with Crippen molar-refractivity contribution in [3.05, 3.63) is 29.6 Å². The molecule has 6 nitrogen and oxygen atoms in total. The molecule has 20 heavy (non-hydrogen) atoms. The summed E-state index contributed by atoms with van der Waals surface area (Å²) in [5.41, 5.74) is 0.994. The van der Waals surface area contributed by atoms with E-state index < -0.39 is 0 Å². The Balaban J connectivity index is 1.93. The van der Waals surface area contributed by atoms with Gasteiger partial charge in [0.1, 0.15) is 5.82 Å². The zero-order valence-corrected chi connectivity index (χ0v) is 12.2. The zero-order chi connectivity index (χ0) is 14.4. The van der Waals surface area contributed by atoms with Gasteiger partial charge < -0.3 is 19.9 Å². The Kier molecular flexibility index (Phi) is 5.14. The lowest BCUT2D eigenvalue weighted by Crippen LogP contribution is -2.00. The molecule has 0 saturated carbocycles. The fraction of sp³-hybridized carbons (Fsp3) is 0.385. The lowest BCUT2D eigenvalue weighted by atomic mass is 10.2. The average Bonchev–Trinajstić information content (AvgIpc) is 2.92. The van der Waals surface area contributed by atoms with Crippen LogP contribution in [0.4, 0.5) is 5.13 Å². The van der Waals surface area contributed by atoms with Gasteiger partial charge in [-0.15, -0.1) is 0 Å². The molecule has 1 heterocycles. The molecule has 0 amide bonds. The highest BCUT2D eigenvalue weighted by Crippen LogP contribution is 2.26. The van der Waals surface area contributed by atoms with Gasteiger partial charge in [0.15, 0.2) is 11.5 Å². The number of aromatic hydroxyl groups is 1. The number of hydrogen-bond donors (Lipinski definition) is 2. The van der Waals surface area contributed by atoms with Crippen molar-refractivity contribution in [3.8, 4) is 11.5 Å². The molecule has 108 valence electrons. The molecule has 0 aliphatic heterocycles. The Hall–Kier alpha value is -1.86. The first-order valence-electron chi connectivity index (χ1n) is 6.14. The summed E-state index contributed by atoms with van der Waals surface area (Å²) in [4.78, 5) is 4.36. The van der Waals surface area contributed by atoms with Gasteiger partial charge in [-0.25, -0.2) is 4.98 Å². The van der Waals surface area contributed by atoms with Crippen LogP contribution in [0.5, 0.6) is 11.5 Å². The molecule has 0 aliphatic carbocycles. The van der Waals surface area contributed by atoms with Crippen LogP contribution in [0.3, 0.4) is 0 Å². The van der Waals surface area contributed by atoms with E-state index in [1.165, 1.54) is 18.6 Å². The molecule has 0 aliphatic rings. The summed E-state index contributed by atoms with van der Waals surface area (Å²) < 4.78 is 14.3. The van der Waals surface area contributed by atoms with Crippen molar-refractivity contribution >= 4 is 16.7 Å². The fourth-order valence-electron chi connectivity index (χ4n) is 1.63. The predicted molar refractivity (Wildman–Crippen MR) is 77.5 cm³/mol. The summed E-state index contributed by atoms with van der Waals surface area (Å²) in [6.07, 6.45) is 0.710. The molecular weight excluding hydrogens is 278 g/mol. The van der Waals surface area contributed by atoms with E-state index in [1.807, 2.05) is 6.07 Å². The number of hydrogen-bond acceptors (Lipinski definition) is 7. The third-order valence-corrected chi connectivity index (χ3v) is 3.40. The second-order valence-electron chi connectivity index (χ2n) is 4.12. The van der Waals surface area contributed by atoms with Crippen LogP contribution in [0.25, 0.3) is 0 Å². The number of phenols is 1. The van der Waals surface area contributed by atoms with Crippen molar-refractivity contribution in [1.82, 2.24) is 9.36 Å². The van der Waals surface area contributed by atoms with Crippen molar-refractivity contribution in [3.63, 3.8) is 0 Å². The van der Waals surface area contributed by atoms with Crippen LogP contribution in [0, 0.1) is 0 Å². The van der Waals surface area contributed by atoms with E-state index >= 15 is 0 Å². The van der Waals surface area contributed by atoms with Crippen molar-refractivity contribution in [2.24, 2.45) is 0 Å². The molecule has 1 aromatic carbocycles. The van der Waals surface area contributed by atoms with Crippen LogP contribution in [0.15, 0.2) is 18.2 Å². The number of nitrogens with zero attached hydrogens (tertiary/aromatic N) is 2. The SMILES string of the molecule is COCCc1nsc(NCc2ccc(O)c(OC)c2)n1. The van der Waals surface area contributed by atoms with E-state index in [0.717, 1.165) is 16.5 Å². The highest BCUT2D eigenvalue weighted by molar-refractivity contribution is 7.09. The van der Waals surface area contributed by atoms with Gasteiger partial charge in [0.05, 0.1) is 13.7 Å². The summed E-state index contributed by atoms with van der Waals surface area (Å²) in [5, 5.41) is 13.5. The average molecular weight is 295 g/mol. The van der Waals surface area contributed by atoms with Crippen LogP contribution in [-0.4, -0.2) is 35.3 Å². The lowest BCUT2D eigenvalue weighted by Gasteiger charge is -2.07. The molecule has 7 heteroatoms. The van der Waals surface area contributed by atoms with Crippen LogP contribution < -0.4 is 10.1 Å². The molecule has 2 N–H and O–H groups in total. The van der Waals surface area contributed by atoms with Gasteiger partial charge in [0.25, 0.3) is 0 Å². The van der Waals surface area contributed by atoms with E-state index in [2.05, 4.69) is 14.7 Å². The number of rotatable bonds is 7. The minimum atomic E-state index is 0.133. The third-order valence-electron chi connectivity index (χ3n) is 2.69. The smallest absolute Gasteiger partial charge is 0.202 e. The largest absolute Gasteiger partial charge is 0.504 e. The normalized spacial score (nSPS) is 10.5. The van der Waals surface area contributed by atoms with E-state index in [-0.39, 0.29) is 5.75 Å². The summed E-state index contributed by atoms with van der Waals surface area (Å²) in [6.45, 7) is 1.21. The predicted octanol–water partition coefficient (Wildman–Crippen LogP) is 2.05. The second kappa shape index (κ2) is 7.06. The molecular formula is C13H17N3O3S. The number of nitrogens with one attached hydrogen (secondary N) is 1. The van der Waals surface area contributed by atoms with Crippen molar-refractivity contribution in [2.75, 3.05) is 26.1 Å². The molecule has 0 radical (unpaired) electrons. The Bertz CT molecular complexity index is 560. The van der Waals surface area contributed by atoms with Gasteiger partial charge in [-0.2, -0.15) is 4.37 Å². The van der Waals surface area contributed by atoms with E-state index in [1.54, 1.807) is 19.2 Å². The Morgan fingerprint density at radius 2 is 2.20 bits per heavy atom. The quantitative estimate of drug-likeness (QED) is 0.814. The minimum absolute atomic E-state index is 0.133. The standard InChI is InChI=1S/C13H17N3O3S/c1-18-6-5-12-15-13(20-16-12)14-8-9-3-4-10(17)11(7-9)19-2/h3-4,7,17H,5-6,8H2,1-2H3,(H,14,15,16). The van der Waals surface area contributed by atoms with Crippen molar-refractivity contribution < 1.29 is 14.6 Å². The third kappa shape index (κ3) is 3.82. The number of phenolic OH excluding ortho intramolecular Hbond substituents is 1. The highest BCUT2D eigenvalue weighted by atomic mass is 32.1. The molecule has 0 unspecified atom stereocenters. The highest BCUT2D eigenvalue weighted by Gasteiger charge is 2.05. The van der Waals surface area contributed by atoms with Crippen LogP contribution in [0.2, 0.25) is 0 Å². The molecule has 0 fully saturated rings. The van der Waals surface area contributed by atoms with E-state index in [4.69, 9.17) is 9.47 Å². The molecule has 0 atom stereocenters. The first kappa shape index (κ1) is 14.5. The van der Waals surface area contributed by atoms with Crippen LogP contribution >= 0.6 is 11.5 Å². The molecule has 0 bridgehead atoms. The van der Waals surface area contributed by atoms with Gasteiger partial charge in [-0.05, 0) is 17.7 Å².